The predicted molar refractivity (Wildman–Crippen MR) is 58.9 cm³/mol. The van der Waals surface area contributed by atoms with E-state index in [1.54, 1.807) is 6.07 Å². The van der Waals surface area contributed by atoms with Crippen LogP contribution in [0.25, 0.3) is 0 Å². The Bertz CT molecular complexity index is 396. The maximum absolute atomic E-state index is 10.8. The Balaban J connectivity index is 0.00000112. The Kier molecular flexibility index (Phi) is 3.90. The normalized spacial score (nSPS) is 13.9. The standard InChI is InChI=1S/C9H9ClN2O2.ClH/c10-8-6(9(13)14)3-5-4-11-2-1-7(5)12-8;/h3,11H,1-2,4H2,(H,13,14);1H. The second kappa shape index (κ2) is 4.79. The van der Waals surface area contributed by atoms with Crippen molar-refractivity contribution in [1.82, 2.24) is 10.3 Å². The van der Waals surface area contributed by atoms with Crippen molar-refractivity contribution < 1.29 is 9.90 Å². The van der Waals surface area contributed by atoms with Crippen LogP contribution in [-0.4, -0.2) is 22.6 Å². The molecule has 1 aromatic heterocycles. The van der Waals surface area contributed by atoms with Gasteiger partial charge in [-0.05, 0) is 11.6 Å². The third kappa shape index (κ3) is 2.40. The highest BCUT2D eigenvalue weighted by Crippen LogP contribution is 2.20. The average molecular weight is 249 g/mol. The maximum atomic E-state index is 10.8. The fourth-order valence-corrected chi connectivity index (χ4v) is 1.75. The zero-order valence-electron chi connectivity index (χ0n) is 7.79. The first kappa shape index (κ1) is 12.2. The van der Waals surface area contributed by atoms with Gasteiger partial charge in [0.1, 0.15) is 5.15 Å². The summed E-state index contributed by atoms with van der Waals surface area (Å²) in [5, 5.41) is 12.1. The molecule has 1 aromatic rings. The first-order chi connectivity index (χ1) is 6.68. The van der Waals surface area contributed by atoms with Crippen LogP contribution in [0.4, 0.5) is 0 Å². The Morgan fingerprint density at radius 2 is 2.33 bits per heavy atom. The lowest BCUT2D eigenvalue weighted by molar-refractivity contribution is 0.0696. The zero-order valence-corrected chi connectivity index (χ0v) is 9.36. The molecule has 6 heteroatoms. The van der Waals surface area contributed by atoms with E-state index in [2.05, 4.69) is 10.3 Å². The molecule has 0 saturated heterocycles. The fraction of sp³-hybridized carbons (Fsp3) is 0.333. The number of hydrogen-bond donors (Lipinski definition) is 2. The van der Waals surface area contributed by atoms with Gasteiger partial charge in [0, 0.05) is 25.2 Å². The van der Waals surface area contributed by atoms with Gasteiger partial charge in [-0.25, -0.2) is 9.78 Å². The van der Waals surface area contributed by atoms with Gasteiger partial charge in [0.25, 0.3) is 0 Å². The molecule has 2 heterocycles. The molecule has 0 amide bonds. The SMILES string of the molecule is Cl.O=C(O)c1cc2c(nc1Cl)CCNC2. The smallest absolute Gasteiger partial charge is 0.338 e. The van der Waals surface area contributed by atoms with Crippen LogP contribution >= 0.6 is 24.0 Å². The van der Waals surface area contributed by atoms with E-state index in [-0.39, 0.29) is 23.1 Å². The molecule has 1 aliphatic heterocycles. The number of halogens is 2. The summed E-state index contributed by atoms with van der Waals surface area (Å²) in [5.74, 6) is -1.03. The lowest BCUT2D eigenvalue weighted by Crippen LogP contribution is -2.25. The van der Waals surface area contributed by atoms with E-state index in [1.165, 1.54) is 0 Å². The molecule has 0 bridgehead atoms. The van der Waals surface area contributed by atoms with E-state index < -0.39 is 5.97 Å². The molecule has 2 rings (SSSR count). The summed E-state index contributed by atoms with van der Waals surface area (Å²) in [4.78, 5) is 14.8. The van der Waals surface area contributed by atoms with Crippen molar-refractivity contribution in [2.24, 2.45) is 0 Å². The largest absolute Gasteiger partial charge is 0.478 e. The number of nitrogens with zero attached hydrogens (tertiary/aromatic N) is 1. The van der Waals surface area contributed by atoms with Crippen LogP contribution in [0.2, 0.25) is 5.15 Å². The third-order valence-corrected chi connectivity index (χ3v) is 2.52. The number of carboxylic acids is 1. The topological polar surface area (TPSA) is 62.2 Å². The minimum Gasteiger partial charge on any atom is -0.478 e. The van der Waals surface area contributed by atoms with Crippen LogP contribution in [0.15, 0.2) is 6.07 Å². The van der Waals surface area contributed by atoms with Gasteiger partial charge in [-0.2, -0.15) is 0 Å². The Labute approximate surface area is 98.1 Å². The average Bonchev–Trinajstić information content (AvgIpc) is 2.16. The highest BCUT2D eigenvalue weighted by Gasteiger charge is 2.17. The molecule has 2 N–H and O–H groups in total. The lowest BCUT2D eigenvalue weighted by Gasteiger charge is -2.16. The number of carbonyl (C=O) groups is 1. The van der Waals surface area contributed by atoms with Gasteiger partial charge < -0.3 is 10.4 Å². The van der Waals surface area contributed by atoms with Crippen molar-refractivity contribution in [3.05, 3.63) is 28.0 Å². The van der Waals surface area contributed by atoms with Gasteiger partial charge in [-0.15, -0.1) is 12.4 Å². The van der Waals surface area contributed by atoms with Gasteiger partial charge >= 0.3 is 5.97 Å². The Hall–Kier alpha value is -0.840. The number of pyridine rings is 1. The summed E-state index contributed by atoms with van der Waals surface area (Å²) in [6.45, 7) is 1.53. The second-order valence-electron chi connectivity index (χ2n) is 3.16. The van der Waals surface area contributed by atoms with E-state index in [9.17, 15) is 4.79 Å². The summed E-state index contributed by atoms with van der Waals surface area (Å²) < 4.78 is 0. The van der Waals surface area contributed by atoms with Crippen molar-refractivity contribution >= 4 is 30.0 Å². The maximum Gasteiger partial charge on any atom is 0.338 e. The molecule has 0 spiro atoms. The Morgan fingerprint density at radius 3 is 3.00 bits per heavy atom. The molecule has 0 fully saturated rings. The van der Waals surface area contributed by atoms with E-state index >= 15 is 0 Å². The first-order valence-corrected chi connectivity index (χ1v) is 4.68. The summed E-state index contributed by atoms with van der Waals surface area (Å²) in [6, 6.07) is 1.60. The van der Waals surface area contributed by atoms with Gasteiger partial charge in [-0.1, -0.05) is 11.6 Å². The fourth-order valence-electron chi connectivity index (χ4n) is 1.52. The van der Waals surface area contributed by atoms with Crippen molar-refractivity contribution in [3.8, 4) is 0 Å². The zero-order chi connectivity index (χ0) is 10.1. The summed E-state index contributed by atoms with van der Waals surface area (Å²) in [7, 11) is 0. The number of hydrogen-bond acceptors (Lipinski definition) is 3. The number of nitrogens with one attached hydrogen (secondary N) is 1. The molecule has 0 saturated carbocycles. The van der Waals surface area contributed by atoms with Crippen LogP contribution < -0.4 is 5.32 Å². The highest BCUT2D eigenvalue weighted by molar-refractivity contribution is 6.32. The van der Waals surface area contributed by atoms with Crippen molar-refractivity contribution in [2.75, 3.05) is 6.54 Å². The quantitative estimate of drug-likeness (QED) is 0.740. The number of carboxylic acid groups (broad SMARTS) is 1. The van der Waals surface area contributed by atoms with E-state index in [1.807, 2.05) is 0 Å². The van der Waals surface area contributed by atoms with Gasteiger partial charge in [0.15, 0.2) is 0 Å². The van der Waals surface area contributed by atoms with Crippen LogP contribution in [0.5, 0.6) is 0 Å². The molecular formula is C9H10Cl2N2O2. The number of aromatic carboxylic acids is 1. The third-order valence-electron chi connectivity index (χ3n) is 2.23. The second-order valence-corrected chi connectivity index (χ2v) is 3.52. The molecule has 0 radical (unpaired) electrons. The van der Waals surface area contributed by atoms with Crippen LogP contribution in [-0.2, 0) is 13.0 Å². The molecule has 0 atom stereocenters. The summed E-state index contributed by atoms with van der Waals surface area (Å²) in [6.07, 6.45) is 0.801. The molecule has 4 nitrogen and oxygen atoms in total. The Morgan fingerprint density at radius 1 is 1.60 bits per heavy atom. The minimum absolute atomic E-state index is 0. The first-order valence-electron chi connectivity index (χ1n) is 4.31. The number of rotatable bonds is 1. The lowest BCUT2D eigenvalue weighted by atomic mass is 10.1. The van der Waals surface area contributed by atoms with E-state index in [4.69, 9.17) is 16.7 Å². The molecule has 1 aliphatic rings. The molecule has 0 unspecified atom stereocenters. The molecule has 0 aliphatic carbocycles. The van der Waals surface area contributed by atoms with Crippen LogP contribution in [0.1, 0.15) is 21.6 Å². The van der Waals surface area contributed by atoms with E-state index in [0.29, 0.717) is 6.54 Å². The van der Waals surface area contributed by atoms with Gasteiger partial charge in [0.05, 0.1) is 5.56 Å². The molecule has 82 valence electrons. The van der Waals surface area contributed by atoms with Crippen molar-refractivity contribution in [1.29, 1.82) is 0 Å². The van der Waals surface area contributed by atoms with Crippen molar-refractivity contribution in [2.45, 2.75) is 13.0 Å². The number of aromatic nitrogens is 1. The predicted octanol–water partition coefficient (Wildman–Crippen LogP) is 1.50. The van der Waals surface area contributed by atoms with Gasteiger partial charge in [0.2, 0.25) is 0 Å². The van der Waals surface area contributed by atoms with E-state index in [0.717, 1.165) is 24.2 Å². The van der Waals surface area contributed by atoms with Gasteiger partial charge in [-0.3, -0.25) is 0 Å². The van der Waals surface area contributed by atoms with Crippen LogP contribution in [0, 0.1) is 0 Å². The highest BCUT2D eigenvalue weighted by atomic mass is 35.5. The monoisotopic (exact) mass is 248 g/mol. The van der Waals surface area contributed by atoms with Crippen molar-refractivity contribution in [3.63, 3.8) is 0 Å². The summed E-state index contributed by atoms with van der Waals surface area (Å²) >= 11 is 5.74. The molecule has 0 aromatic carbocycles. The minimum atomic E-state index is -1.03. The number of fused-ring (bicyclic) bond motifs is 1. The summed E-state index contributed by atoms with van der Waals surface area (Å²) in [5.41, 5.74) is 1.91. The molecular weight excluding hydrogens is 239 g/mol. The molecule has 15 heavy (non-hydrogen) atoms. The van der Waals surface area contributed by atoms with Crippen LogP contribution in [0.3, 0.4) is 0 Å².